The number of hydrogen-bond donors (Lipinski definition) is 1. The van der Waals surface area contributed by atoms with Gasteiger partial charge in [0.15, 0.2) is 5.16 Å². The van der Waals surface area contributed by atoms with Gasteiger partial charge in [0.2, 0.25) is 5.91 Å². The molecule has 0 bridgehead atoms. The number of anilines is 1. The number of nitrogens with one attached hydrogen (secondary N) is 1. The molecule has 0 aliphatic carbocycles. The number of carbonyl (C=O) groups is 1. The molecule has 0 radical (unpaired) electrons. The fraction of sp³-hybridized carbons (Fsp3) is 0.105. The van der Waals surface area contributed by atoms with E-state index in [1.54, 1.807) is 6.20 Å². The van der Waals surface area contributed by atoms with E-state index in [4.69, 9.17) is 0 Å². The van der Waals surface area contributed by atoms with Gasteiger partial charge in [-0.15, -0.1) is 0 Å². The van der Waals surface area contributed by atoms with Gasteiger partial charge in [0.05, 0.1) is 28.2 Å². The first-order valence-electron chi connectivity index (χ1n) is 7.96. The summed E-state index contributed by atoms with van der Waals surface area (Å²) < 4.78 is 1.98. The molecule has 5 nitrogen and oxygen atoms in total. The van der Waals surface area contributed by atoms with E-state index in [2.05, 4.69) is 15.3 Å². The van der Waals surface area contributed by atoms with Gasteiger partial charge in [0.25, 0.3) is 0 Å². The summed E-state index contributed by atoms with van der Waals surface area (Å²) in [7, 11) is 0. The van der Waals surface area contributed by atoms with Crippen LogP contribution in [0.3, 0.4) is 0 Å². The zero-order valence-electron chi connectivity index (χ0n) is 13.6. The van der Waals surface area contributed by atoms with Gasteiger partial charge in [-0.1, -0.05) is 23.9 Å². The molecule has 4 rings (SSSR count). The highest BCUT2D eigenvalue weighted by atomic mass is 32.2. The lowest BCUT2D eigenvalue weighted by molar-refractivity contribution is -0.115. The van der Waals surface area contributed by atoms with Gasteiger partial charge < -0.3 is 5.32 Å². The minimum Gasteiger partial charge on any atom is -0.324 e. The molecule has 3 aromatic heterocycles. The lowest BCUT2D eigenvalue weighted by Gasteiger charge is -2.13. The number of nitrogens with zero attached hydrogens (tertiary/aromatic N) is 3. The maximum absolute atomic E-state index is 12.6. The third-order valence-corrected chi connectivity index (χ3v) is 5.04. The second-order valence-corrected chi connectivity index (χ2v) is 6.97. The van der Waals surface area contributed by atoms with Gasteiger partial charge in [-0.05, 0) is 43.3 Å². The van der Waals surface area contributed by atoms with Gasteiger partial charge in [0, 0.05) is 17.8 Å². The van der Waals surface area contributed by atoms with E-state index in [0.29, 0.717) is 0 Å². The third-order valence-electron chi connectivity index (χ3n) is 3.96. The zero-order chi connectivity index (χ0) is 17.2. The molecule has 1 amide bonds. The van der Waals surface area contributed by atoms with Crippen molar-refractivity contribution in [1.29, 1.82) is 0 Å². The average Bonchev–Trinajstić information content (AvgIpc) is 3.05. The fourth-order valence-electron chi connectivity index (χ4n) is 2.66. The van der Waals surface area contributed by atoms with Gasteiger partial charge in [-0.2, -0.15) is 0 Å². The highest BCUT2D eigenvalue weighted by Crippen LogP contribution is 2.26. The maximum Gasteiger partial charge on any atom is 0.237 e. The summed E-state index contributed by atoms with van der Waals surface area (Å²) in [4.78, 5) is 21.4. The molecule has 1 N–H and O–H groups in total. The Hall–Kier alpha value is -2.86. The van der Waals surface area contributed by atoms with Crippen LogP contribution in [0.25, 0.3) is 16.4 Å². The zero-order valence-corrected chi connectivity index (χ0v) is 14.4. The van der Waals surface area contributed by atoms with Crippen molar-refractivity contribution < 1.29 is 4.79 Å². The van der Waals surface area contributed by atoms with Crippen LogP contribution in [-0.4, -0.2) is 25.5 Å². The normalized spacial score (nSPS) is 12.4. The van der Waals surface area contributed by atoms with Crippen molar-refractivity contribution in [2.45, 2.75) is 17.3 Å². The van der Waals surface area contributed by atoms with Crippen LogP contribution >= 0.6 is 11.8 Å². The van der Waals surface area contributed by atoms with Crippen LogP contribution in [0.4, 0.5) is 5.69 Å². The van der Waals surface area contributed by atoms with Crippen LogP contribution in [-0.2, 0) is 4.79 Å². The number of aromatic nitrogens is 3. The number of rotatable bonds is 4. The second-order valence-electron chi connectivity index (χ2n) is 5.66. The van der Waals surface area contributed by atoms with Crippen LogP contribution in [0.15, 0.2) is 72.3 Å². The number of pyridine rings is 2. The van der Waals surface area contributed by atoms with Crippen molar-refractivity contribution in [1.82, 2.24) is 14.4 Å². The van der Waals surface area contributed by atoms with E-state index in [1.807, 2.05) is 72.2 Å². The number of thioether (sulfide) groups is 1. The summed E-state index contributed by atoms with van der Waals surface area (Å²) in [6, 6.07) is 15.5. The smallest absolute Gasteiger partial charge is 0.237 e. The molecule has 0 aliphatic heterocycles. The Morgan fingerprint density at radius 1 is 1.12 bits per heavy atom. The Kier molecular flexibility index (Phi) is 4.11. The van der Waals surface area contributed by atoms with Crippen LogP contribution in [0.5, 0.6) is 0 Å². The molecule has 124 valence electrons. The van der Waals surface area contributed by atoms with E-state index in [0.717, 1.165) is 27.3 Å². The van der Waals surface area contributed by atoms with Crippen molar-refractivity contribution in [2.75, 3.05) is 5.32 Å². The molecular formula is C19H16N4OS. The highest BCUT2D eigenvalue weighted by Gasteiger charge is 2.18. The van der Waals surface area contributed by atoms with Gasteiger partial charge in [-0.25, -0.2) is 4.98 Å². The first-order valence-corrected chi connectivity index (χ1v) is 8.84. The highest BCUT2D eigenvalue weighted by molar-refractivity contribution is 8.00. The summed E-state index contributed by atoms with van der Waals surface area (Å²) in [6.07, 6.45) is 5.50. The summed E-state index contributed by atoms with van der Waals surface area (Å²) in [6.45, 7) is 1.88. The SMILES string of the molecule is CC(Sc1ncc2ccccn12)C(=O)Nc1cccc2ncccc12. The number of benzene rings is 1. The first-order chi connectivity index (χ1) is 12.2. The Labute approximate surface area is 149 Å². The van der Waals surface area contributed by atoms with E-state index in [-0.39, 0.29) is 11.2 Å². The van der Waals surface area contributed by atoms with E-state index < -0.39 is 0 Å². The number of hydrogen-bond acceptors (Lipinski definition) is 4. The molecule has 0 fully saturated rings. The minimum atomic E-state index is -0.280. The molecule has 3 heterocycles. The standard InChI is InChI=1S/C19H16N4OS/c1-13(25-19-21-12-14-6-2-3-11-23(14)19)18(24)22-17-9-4-8-16-15(17)7-5-10-20-16/h2-13H,1H3,(H,22,24). The number of amides is 1. The molecular weight excluding hydrogens is 332 g/mol. The third kappa shape index (κ3) is 3.08. The monoisotopic (exact) mass is 348 g/mol. The molecule has 0 saturated carbocycles. The summed E-state index contributed by atoms with van der Waals surface area (Å²) >= 11 is 1.44. The van der Waals surface area contributed by atoms with Gasteiger partial charge in [-0.3, -0.25) is 14.2 Å². The molecule has 4 aromatic rings. The Morgan fingerprint density at radius 2 is 2.04 bits per heavy atom. The maximum atomic E-state index is 12.6. The molecule has 1 atom stereocenters. The molecule has 1 unspecified atom stereocenters. The van der Waals surface area contributed by atoms with E-state index >= 15 is 0 Å². The topological polar surface area (TPSA) is 59.3 Å². The molecule has 0 saturated heterocycles. The Balaban J connectivity index is 1.54. The Bertz CT molecular complexity index is 1050. The largest absolute Gasteiger partial charge is 0.324 e. The quantitative estimate of drug-likeness (QED) is 0.566. The molecule has 0 aliphatic rings. The lowest BCUT2D eigenvalue weighted by atomic mass is 10.2. The van der Waals surface area contributed by atoms with Crippen molar-refractivity contribution in [3.8, 4) is 0 Å². The molecule has 6 heteroatoms. The summed E-state index contributed by atoms with van der Waals surface area (Å²) in [5.74, 6) is -0.0611. The van der Waals surface area contributed by atoms with Crippen molar-refractivity contribution in [2.24, 2.45) is 0 Å². The number of carbonyl (C=O) groups excluding carboxylic acids is 1. The number of imidazole rings is 1. The van der Waals surface area contributed by atoms with Crippen LogP contribution in [0.1, 0.15) is 6.92 Å². The second kappa shape index (κ2) is 6.57. The van der Waals surface area contributed by atoms with Crippen LogP contribution in [0.2, 0.25) is 0 Å². The molecule has 0 spiro atoms. The fourth-order valence-corrected chi connectivity index (χ4v) is 3.54. The van der Waals surface area contributed by atoms with Gasteiger partial charge in [0.1, 0.15) is 0 Å². The average molecular weight is 348 g/mol. The summed E-state index contributed by atoms with van der Waals surface area (Å²) in [5.41, 5.74) is 2.65. The minimum absolute atomic E-state index is 0.0611. The Morgan fingerprint density at radius 3 is 2.96 bits per heavy atom. The molecule has 25 heavy (non-hydrogen) atoms. The van der Waals surface area contributed by atoms with Crippen LogP contribution in [0, 0.1) is 0 Å². The predicted molar refractivity (Wildman–Crippen MR) is 101 cm³/mol. The summed E-state index contributed by atoms with van der Waals surface area (Å²) in [5, 5.41) is 4.46. The molecule has 1 aromatic carbocycles. The number of fused-ring (bicyclic) bond motifs is 2. The van der Waals surface area contributed by atoms with Gasteiger partial charge >= 0.3 is 0 Å². The van der Waals surface area contributed by atoms with Crippen molar-refractivity contribution in [3.05, 3.63) is 67.1 Å². The van der Waals surface area contributed by atoms with Crippen LogP contribution < -0.4 is 5.32 Å². The van der Waals surface area contributed by atoms with Crippen molar-refractivity contribution in [3.63, 3.8) is 0 Å². The van der Waals surface area contributed by atoms with Crippen molar-refractivity contribution >= 4 is 39.8 Å². The van der Waals surface area contributed by atoms with E-state index in [9.17, 15) is 4.79 Å². The predicted octanol–water partition coefficient (Wildman–Crippen LogP) is 4.00. The first kappa shape index (κ1) is 15.7. The van der Waals surface area contributed by atoms with E-state index in [1.165, 1.54) is 11.8 Å². The lowest BCUT2D eigenvalue weighted by Crippen LogP contribution is -2.22.